The fourth-order valence-corrected chi connectivity index (χ4v) is 6.41. The lowest BCUT2D eigenvalue weighted by atomic mass is 9.92. The molecule has 2 unspecified atom stereocenters. The van der Waals surface area contributed by atoms with Gasteiger partial charge in [0.05, 0.1) is 12.0 Å². The van der Waals surface area contributed by atoms with E-state index >= 15 is 0 Å². The minimum absolute atomic E-state index is 0.00334. The smallest absolute Gasteiger partial charge is 0.326 e. The molecule has 0 saturated heterocycles. The van der Waals surface area contributed by atoms with Gasteiger partial charge in [0.2, 0.25) is 6.29 Å². The molecule has 0 bridgehead atoms. The average Bonchev–Trinajstić information content (AvgIpc) is 3.60. The van der Waals surface area contributed by atoms with Crippen LogP contribution in [0.4, 0.5) is 4.39 Å². The summed E-state index contributed by atoms with van der Waals surface area (Å²) in [7, 11) is -2.28. The lowest BCUT2D eigenvalue weighted by Gasteiger charge is -2.26. The predicted molar refractivity (Wildman–Crippen MR) is 223 cm³/mol. The van der Waals surface area contributed by atoms with E-state index in [0.717, 1.165) is 28.5 Å². The number of fused-ring (bicyclic) bond motifs is 1. The molecular weight excluding hydrogens is 866 g/mol. The molecule has 0 aliphatic heterocycles. The first-order chi connectivity index (χ1) is 27.0. The number of benzene rings is 3. The van der Waals surface area contributed by atoms with Crippen LogP contribution in [0.15, 0.2) is 90.0 Å². The maximum absolute atomic E-state index is 14.2. The zero-order chi connectivity index (χ0) is 42.2. The highest BCUT2D eigenvalue weighted by Crippen LogP contribution is 2.35. The minimum Gasteiger partial charge on any atom is -0.496 e. The number of pyridine rings is 1. The number of sulfone groups is 1. The Morgan fingerprint density at radius 2 is 1.46 bits per heavy atom. The molecule has 15 heteroatoms. The van der Waals surface area contributed by atoms with E-state index in [0.29, 0.717) is 5.65 Å². The Morgan fingerprint density at radius 1 is 0.842 bits per heavy atom. The predicted octanol–water partition coefficient (Wildman–Crippen LogP) is 7.10. The quantitative estimate of drug-likeness (QED) is 0.0492. The lowest BCUT2D eigenvalue weighted by Crippen LogP contribution is -2.41. The zero-order valence-electron chi connectivity index (χ0n) is 33.1. The molecule has 5 rings (SSSR count). The number of carbonyl (C=O) groups is 3. The number of ketones is 1. The highest BCUT2D eigenvalue weighted by molar-refractivity contribution is 14.1. The molecule has 0 saturated carbocycles. The monoisotopic (exact) mass is 914 g/mol. The average molecular weight is 915 g/mol. The van der Waals surface area contributed by atoms with Gasteiger partial charge in [-0.3, -0.25) is 14.4 Å². The SMILES string of the molecule is CI.COc1cc(S(C)(=O)=O)ccc1C(C(=O)OC(OC(=O)[C@@H](N)C(C)C)C(C)C)c1nc2ccc(-c3ccc(CC(=O)[C@H](C)c4ccc(F)cc4)cc3)cn2n1. The van der Waals surface area contributed by atoms with Gasteiger partial charge in [0.15, 0.2) is 21.3 Å². The number of carbonyl (C=O) groups excluding carboxylic acids is 3. The molecule has 2 aromatic heterocycles. The third-order valence-corrected chi connectivity index (χ3v) is 10.4. The normalized spacial score (nSPS) is 13.6. The molecule has 0 radical (unpaired) electrons. The molecule has 2 heterocycles. The van der Waals surface area contributed by atoms with E-state index < -0.39 is 51.9 Å². The number of ether oxygens (including phenoxy) is 3. The first-order valence-corrected chi connectivity index (χ1v) is 22.2. The number of aromatic nitrogens is 3. The summed E-state index contributed by atoms with van der Waals surface area (Å²) in [5.41, 5.74) is 9.79. The molecule has 2 N–H and O–H groups in total. The van der Waals surface area contributed by atoms with Crippen LogP contribution in [0.1, 0.15) is 69.0 Å². The van der Waals surface area contributed by atoms with Crippen molar-refractivity contribution in [2.75, 3.05) is 18.3 Å². The van der Waals surface area contributed by atoms with Crippen molar-refractivity contribution in [2.45, 2.75) is 70.1 Å². The second-order valence-corrected chi connectivity index (χ2v) is 16.2. The number of methoxy groups -OCH3 is 1. The molecule has 0 amide bonds. The van der Waals surface area contributed by atoms with Crippen LogP contribution in [0.25, 0.3) is 16.8 Å². The summed E-state index contributed by atoms with van der Waals surface area (Å²) in [5.74, 6) is -4.26. The maximum Gasteiger partial charge on any atom is 0.326 e. The molecule has 304 valence electrons. The number of halogens is 2. The number of Topliss-reactive ketones (excluding diaryl/α,β-unsaturated/α-hetero) is 1. The van der Waals surface area contributed by atoms with E-state index in [1.165, 1.54) is 42.0 Å². The van der Waals surface area contributed by atoms with Gasteiger partial charge in [-0.05, 0) is 63.9 Å². The van der Waals surface area contributed by atoms with Crippen LogP contribution in [-0.2, 0) is 40.1 Å². The number of esters is 2. The van der Waals surface area contributed by atoms with Gasteiger partial charge in [-0.2, -0.15) is 0 Å². The Bertz CT molecular complexity index is 2300. The van der Waals surface area contributed by atoms with Crippen LogP contribution >= 0.6 is 22.6 Å². The Labute approximate surface area is 346 Å². The first kappa shape index (κ1) is 45.0. The van der Waals surface area contributed by atoms with E-state index in [1.54, 1.807) is 59.0 Å². The van der Waals surface area contributed by atoms with Crippen molar-refractivity contribution in [3.63, 3.8) is 0 Å². The van der Waals surface area contributed by atoms with Crippen molar-refractivity contribution in [1.29, 1.82) is 0 Å². The molecule has 0 aliphatic carbocycles. The van der Waals surface area contributed by atoms with Crippen LogP contribution in [0, 0.1) is 17.7 Å². The summed E-state index contributed by atoms with van der Waals surface area (Å²) in [6, 6.07) is 20.2. The molecule has 4 atom stereocenters. The molecule has 3 aromatic carbocycles. The topological polar surface area (TPSA) is 169 Å². The first-order valence-electron chi connectivity index (χ1n) is 18.1. The zero-order valence-corrected chi connectivity index (χ0v) is 36.1. The summed E-state index contributed by atoms with van der Waals surface area (Å²) in [6.45, 7) is 8.77. The minimum atomic E-state index is -3.63. The third kappa shape index (κ3) is 11.2. The van der Waals surface area contributed by atoms with Gasteiger partial charge in [-0.25, -0.2) is 22.3 Å². The largest absolute Gasteiger partial charge is 0.496 e. The standard InChI is InChI=1S/C41H45FN4O8S.CH3I/c1-23(2)37(43)40(49)54-41(24(3)4)53-39(48)36(32-18-17-31(55(7,50)51)21-34(32)52-6)38-44-35-19-14-29(22-46(35)45-38)28-10-8-26(9-11-28)20-33(47)25(5)27-12-15-30(42)16-13-27;1-2/h8-19,21-25,36-37,41H,20,43H2,1-7H3;1H3/t25-,36?,37+,41?;/m1./s1. The van der Waals surface area contributed by atoms with Crippen molar-refractivity contribution in [3.05, 3.63) is 113 Å². The van der Waals surface area contributed by atoms with Crippen molar-refractivity contribution in [1.82, 2.24) is 14.6 Å². The molecule has 12 nitrogen and oxygen atoms in total. The highest BCUT2D eigenvalue weighted by Gasteiger charge is 2.36. The van der Waals surface area contributed by atoms with Crippen LogP contribution in [-0.4, -0.2) is 71.4 Å². The fraction of sp³-hybridized carbons (Fsp3) is 0.357. The van der Waals surface area contributed by atoms with E-state index in [9.17, 15) is 27.2 Å². The van der Waals surface area contributed by atoms with Crippen molar-refractivity contribution in [2.24, 2.45) is 17.6 Å². The number of alkyl halides is 1. The lowest BCUT2D eigenvalue weighted by molar-refractivity contribution is -0.198. The Kier molecular flexibility index (Phi) is 15.5. The number of rotatable bonds is 15. The molecule has 5 aromatic rings. The Morgan fingerprint density at radius 3 is 2.04 bits per heavy atom. The second-order valence-electron chi connectivity index (χ2n) is 14.2. The van der Waals surface area contributed by atoms with E-state index in [4.69, 9.17) is 19.9 Å². The summed E-state index contributed by atoms with van der Waals surface area (Å²) in [6.07, 6.45) is 1.70. The maximum atomic E-state index is 14.2. The summed E-state index contributed by atoms with van der Waals surface area (Å²) >= 11 is 2.15. The van der Waals surface area contributed by atoms with Gasteiger partial charge in [0.25, 0.3) is 0 Å². The molecule has 57 heavy (non-hydrogen) atoms. The van der Waals surface area contributed by atoms with Crippen LogP contribution in [0.5, 0.6) is 5.75 Å². The Hall–Kier alpha value is -4.74. The number of hydrogen-bond donors (Lipinski definition) is 1. The number of nitrogens with zero attached hydrogens (tertiary/aromatic N) is 3. The number of nitrogens with two attached hydrogens (primary N) is 1. The highest BCUT2D eigenvalue weighted by atomic mass is 127. The molecule has 0 spiro atoms. The number of hydrogen-bond acceptors (Lipinski definition) is 11. The second kappa shape index (κ2) is 19.6. The van der Waals surface area contributed by atoms with Gasteiger partial charge in [-0.15, -0.1) is 5.10 Å². The van der Waals surface area contributed by atoms with E-state index in [-0.39, 0.29) is 46.0 Å². The van der Waals surface area contributed by atoms with Crippen LogP contribution in [0.3, 0.4) is 0 Å². The van der Waals surface area contributed by atoms with E-state index in [2.05, 4.69) is 32.7 Å². The van der Waals surface area contributed by atoms with Gasteiger partial charge >= 0.3 is 11.9 Å². The third-order valence-electron chi connectivity index (χ3n) is 9.30. The summed E-state index contributed by atoms with van der Waals surface area (Å²) < 4.78 is 56.5. The van der Waals surface area contributed by atoms with Crippen molar-refractivity contribution < 1.29 is 41.4 Å². The van der Waals surface area contributed by atoms with Gasteiger partial charge in [0.1, 0.15) is 29.3 Å². The van der Waals surface area contributed by atoms with Crippen LogP contribution < -0.4 is 10.5 Å². The van der Waals surface area contributed by atoms with Gasteiger partial charge in [0, 0.05) is 41.8 Å². The molecular formula is C42H48FIN4O8S. The fourth-order valence-electron chi connectivity index (χ4n) is 5.78. The Balaban J connectivity index is 0.00000354. The van der Waals surface area contributed by atoms with Crippen molar-refractivity contribution in [3.8, 4) is 16.9 Å². The van der Waals surface area contributed by atoms with Crippen LogP contribution in [0.2, 0.25) is 0 Å². The summed E-state index contributed by atoms with van der Waals surface area (Å²) in [4.78, 5) is 46.5. The van der Waals surface area contributed by atoms with Gasteiger partial charge in [-0.1, -0.05) is 99.7 Å². The van der Waals surface area contributed by atoms with E-state index in [1.807, 2.05) is 35.3 Å². The van der Waals surface area contributed by atoms with Crippen molar-refractivity contribution >= 4 is 55.8 Å². The molecule has 0 aliphatic rings. The molecule has 0 fully saturated rings. The summed E-state index contributed by atoms with van der Waals surface area (Å²) in [5, 5.41) is 4.65. The van der Waals surface area contributed by atoms with Gasteiger partial charge < -0.3 is 19.9 Å².